The molecule has 1 aliphatic rings. The largest absolute Gasteiger partial charge is 0.370 e. The van der Waals surface area contributed by atoms with Crippen LogP contribution in [0.3, 0.4) is 0 Å². The van der Waals surface area contributed by atoms with Crippen molar-refractivity contribution < 1.29 is 4.74 Å². The lowest BCUT2D eigenvalue weighted by Crippen LogP contribution is -2.32. The quantitative estimate of drug-likeness (QED) is 0.751. The Balaban J connectivity index is 1.52. The number of aromatic nitrogens is 4. The second kappa shape index (κ2) is 6.35. The molecular formula is C16H16ClN5O2. The molecule has 4 heterocycles. The maximum atomic E-state index is 12.2. The zero-order valence-electron chi connectivity index (χ0n) is 12.8. The first-order valence-corrected chi connectivity index (χ1v) is 8.10. The number of nitrogens with one attached hydrogen (secondary N) is 2. The van der Waals surface area contributed by atoms with Gasteiger partial charge in [-0.2, -0.15) is 5.10 Å². The van der Waals surface area contributed by atoms with Crippen LogP contribution in [0.25, 0.3) is 5.65 Å². The summed E-state index contributed by atoms with van der Waals surface area (Å²) in [5.41, 5.74) is 2.08. The van der Waals surface area contributed by atoms with Crippen molar-refractivity contribution in [3.8, 4) is 0 Å². The lowest BCUT2D eigenvalue weighted by Gasteiger charge is -2.18. The molecule has 1 fully saturated rings. The molecule has 0 amide bonds. The molecule has 0 radical (unpaired) electrons. The Bertz CT molecular complexity index is 908. The van der Waals surface area contributed by atoms with Gasteiger partial charge in [-0.3, -0.25) is 14.3 Å². The lowest BCUT2D eigenvalue weighted by atomic mass is 10.1. The average Bonchev–Trinajstić information content (AvgIpc) is 3.24. The van der Waals surface area contributed by atoms with Gasteiger partial charge < -0.3 is 10.1 Å². The Morgan fingerprint density at radius 3 is 3.17 bits per heavy atom. The number of H-pyrrole nitrogens is 1. The van der Waals surface area contributed by atoms with Crippen molar-refractivity contribution in [3.63, 3.8) is 0 Å². The van der Waals surface area contributed by atoms with Crippen molar-refractivity contribution >= 4 is 17.2 Å². The van der Waals surface area contributed by atoms with E-state index in [1.54, 1.807) is 24.5 Å². The van der Waals surface area contributed by atoms with Gasteiger partial charge in [-0.25, -0.2) is 4.98 Å². The molecule has 24 heavy (non-hydrogen) atoms. The normalized spacial score (nSPS) is 20.7. The summed E-state index contributed by atoms with van der Waals surface area (Å²) in [6.45, 7) is 1.18. The first-order chi connectivity index (χ1) is 11.7. The summed E-state index contributed by atoms with van der Waals surface area (Å²) in [4.78, 5) is 16.7. The first kappa shape index (κ1) is 15.3. The number of hydrogen-bond donors (Lipinski definition) is 2. The molecule has 1 aliphatic heterocycles. The summed E-state index contributed by atoms with van der Waals surface area (Å²) >= 11 is 5.92. The van der Waals surface area contributed by atoms with E-state index in [2.05, 4.69) is 20.5 Å². The zero-order valence-corrected chi connectivity index (χ0v) is 13.5. The van der Waals surface area contributed by atoms with E-state index in [-0.39, 0.29) is 17.7 Å². The Labute approximate surface area is 142 Å². The van der Waals surface area contributed by atoms with Crippen LogP contribution in [-0.2, 0) is 11.3 Å². The molecule has 3 aromatic rings. The average molecular weight is 346 g/mol. The van der Waals surface area contributed by atoms with Gasteiger partial charge in [0.2, 0.25) is 0 Å². The van der Waals surface area contributed by atoms with Gasteiger partial charge in [0.05, 0.1) is 16.4 Å². The molecule has 0 aromatic carbocycles. The molecule has 2 atom stereocenters. The minimum absolute atomic E-state index is 0.0622. The van der Waals surface area contributed by atoms with Gasteiger partial charge in [-0.05, 0) is 24.6 Å². The summed E-state index contributed by atoms with van der Waals surface area (Å²) in [5.74, 6) is 0. The summed E-state index contributed by atoms with van der Waals surface area (Å²) in [6, 6.07) is 7.04. The fourth-order valence-electron chi connectivity index (χ4n) is 2.98. The number of fused-ring (bicyclic) bond motifs is 1. The third-order valence-electron chi connectivity index (χ3n) is 4.14. The van der Waals surface area contributed by atoms with Crippen LogP contribution in [0.4, 0.5) is 0 Å². The molecule has 0 aliphatic carbocycles. The Morgan fingerprint density at radius 2 is 2.33 bits per heavy atom. The molecule has 7 nitrogen and oxygen atoms in total. The monoisotopic (exact) mass is 345 g/mol. The maximum Gasteiger partial charge on any atom is 0.258 e. The van der Waals surface area contributed by atoms with E-state index in [1.165, 1.54) is 10.5 Å². The number of rotatable bonds is 4. The Hall–Kier alpha value is -2.22. The molecule has 3 aromatic heterocycles. The highest BCUT2D eigenvalue weighted by atomic mass is 35.5. The van der Waals surface area contributed by atoms with Gasteiger partial charge >= 0.3 is 0 Å². The van der Waals surface area contributed by atoms with Crippen molar-refractivity contribution in [2.24, 2.45) is 0 Å². The number of halogens is 1. The zero-order chi connectivity index (χ0) is 16.5. The number of ether oxygens (including phenoxy) is 1. The van der Waals surface area contributed by atoms with Gasteiger partial charge in [-0.15, -0.1) is 0 Å². The smallest absolute Gasteiger partial charge is 0.258 e. The SMILES string of the molecule is O=c1cc(CN[C@H]2CCO[C@@H]2c2ccn[nH]2)nc2ccc(Cl)cn12. The number of aromatic amines is 1. The molecule has 2 N–H and O–H groups in total. The highest BCUT2D eigenvalue weighted by molar-refractivity contribution is 6.30. The van der Waals surface area contributed by atoms with Crippen molar-refractivity contribution in [2.75, 3.05) is 6.61 Å². The second-order valence-electron chi connectivity index (χ2n) is 5.74. The van der Waals surface area contributed by atoms with E-state index >= 15 is 0 Å². The standard InChI is InChI=1S/C16H16ClN5O2/c17-10-1-2-14-20-11(7-15(23)22(14)9-10)8-18-12-4-6-24-16(12)13-3-5-19-21-13/h1-3,5,7,9,12,16,18H,4,6,8H2,(H,19,21)/t12-,16-/m0/s1. The predicted molar refractivity (Wildman–Crippen MR) is 89.0 cm³/mol. The van der Waals surface area contributed by atoms with Crippen LogP contribution in [0, 0.1) is 0 Å². The van der Waals surface area contributed by atoms with Gasteiger partial charge in [0.25, 0.3) is 5.56 Å². The highest BCUT2D eigenvalue weighted by Crippen LogP contribution is 2.27. The van der Waals surface area contributed by atoms with Crippen LogP contribution in [0.15, 0.2) is 41.5 Å². The Kier molecular flexibility index (Phi) is 4.05. The van der Waals surface area contributed by atoms with E-state index in [9.17, 15) is 4.79 Å². The maximum absolute atomic E-state index is 12.2. The Morgan fingerprint density at radius 1 is 1.42 bits per heavy atom. The molecule has 124 valence electrons. The van der Waals surface area contributed by atoms with Crippen LogP contribution in [0.2, 0.25) is 5.02 Å². The van der Waals surface area contributed by atoms with Crippen LogP contribution in [-0.4, -0.2) is 32.2 Å². The van der Waals surface area contributed by atoms with E-state index in [0.29, 0.717) is 29.5 Å². The lowest BCUT2D eigenvalue weighted by molar-refractivity contribution is 0.0950. The van der Waals surface area contributed by atoms with Crippen molar-refractivity contribution in [1.82, 2.24) is 24.9 Å². The summed E-state index contributed by atoms with van der Waals surface area (Å²) in [7, 11) is 0. The third-order valence-corrected chi connectivity index (χ3v) is 4.37. The molecule has 0 saturated carbocycles. The number of hydrogen-bond acceptors (Lipinski definition) is 5. The first-order valence-electron chi connectivity index (χ1n) is 7.73. The van der Waals surface area contributed by atoms with Crippen LogP contribution in [0.1, 0.15) is 23.9 Å². The summed E-state index contributed by atoms with van der Waals surface area (Å²) < 4.78 is 7.21. The van der Waals surface area contributed by atoms with Crippen LogP contribution < -0.4 is 10.9 Å². The molecule has 0 bridgehead atoms. The molecule has 1 saturated heterocycles. The highest BCUT2D eigenvalue weighted by Gasteiger charge is 2.30. The van der Waals surface area contributed by atoms with Crippen molar-refractivity contribution in [1.29, 1.82) is 0 Å². The fraction of sp³-hybridized carbons (Fsp3) is 0.312. The third kappa shape index (κ3) is 2.93. The predicted octanol–water partition coefficient (Wildman–Crippen LogP) is 1.69. The number of pyridine rings is 1. The van der Waals surface area contributed by atoms with Crippen LogP contribution in [0.5, 0.6) is 0 Å². The van der Waals surface area contributed by atoms with E-state index in [0.717, 1.165) is 12.1 Å². The van der Waals surface area contributed by atoms with E-state index in [4.69, 9.17) is 16.3 Å². The van der Waals surface area contributed by atoms with E-state index in [1.807, 2.05) is 6.07 Å². The summed E-state index contributed by atoms with van der Waals surface area (Å²) in [6.07, 6.45) is 4.12. The minimum atomic E-state index is -0.146. The van der Waals surface area contributed by atoms with Gasteiger partial charge in [0, 0.05) is 37.7 Å². The molecular weight excluding hydrogens is 330 g/mol. The molecule has 8 heteroatoms. The molecule has 0 unspecified atom stereocenters. The van der Waals surface area contributed by atoms with Gasteiger partial charge in [0.1, 0.15) is 11.8 Å². The number of nitrogens with zero attached hydrogens (tertiary/aromatic N) is 3. The van der Waals surface area contributed by atoms with E-state index < -0.39 is 0 Å². The molecule has 4 rings (SSSR count). The van der Waals surface area contributed by atoms with Crippen molar-refractivity contribution in [2.45, 2.75) is 25.1 Å². The fourth-order valence-corrected chi connectivity index (χ4v) is 3.14. The van der Waals surface area contributed by atoms with Crippen molar-refractivity contribution in [3.05, 3.63) is 63.4 Å². The van der Waals surface area contributed by atoms with Gasteiger partial charge in [-0.1, -0.05) is 11.6 Å². The van der Waals surface area contributed by atoms with Crippen LogP contribution >= 0.6 is 11.6 Å². The summed E-state index contributed by atoms with van der Waals surface area (Å²) in [5, 5.41) is 10.9. The minimum Gasteiger partial charge on any atom is -0.370 e. The van der Waals surface area contributed by atoms with Gasteiger partial charge in [0.15, 0.2) is 0 Å². The second-order valence-corrected chi connectivity index (χ2v) is 6.18. The topological polar surface area (TPSA) is 84.3 Å². The molecule has 0 spiro atoms.